The number of nitrogens with one attached hydrogen (secondary N) is 1. The van der Waals surface area contributed by atoms with Gasteiger partial charge in [0.05, 0.1) is 0 Å². The van der Waals surface area contributed by atoms with Crippen molar-refractivity contribution in [1.82, 2.24) is 15.0 Å². The molecule has 0 saturated carbocycles. The van der Waals surface area contributed by atoms with E-state index >= 15 is 0 Å². The van der Waals surface area contributed by atoms with Crippen LogP contribution in [-0.2, 0) is 6.42 Å². The first kappa shape index (κ1) is 14.2. The molecule has 1 N–H and O–H groups in total. The Balaban J connectivity index is 2.06. The van der Waals surface area contributed by atoms with Crippen molar-refractivity contribution in [3.63, 3.8) is 0 Å². The fraction of sp³-hybridized carbons (Fsp3) is 0.400. The van der Waals surface area contributed by atoms with Crippen molar-refractivity contribution < 1.29 is 0 Å². The van der Waals surface area contributed by atoms with Crippen LogP contribution in [-0.4, -0.2) is 35.1 Å². The minimum Gasteiger partial charge on any atom is -0.364 e. The zero-order valence-corrected chi connectivity index (χ0v) is 12.5. The Morgan fingerprint density at radius 3 is 2.65 bits per heavy atom. The number of hydrogen-bond acceptors (Lipinski definition) is 5. The summed E-state index contributed by atoms with van der Waals surface area (Å²) in [5.74, 6) is 1.65. The number of rotatable bonds is 5. The topological polar surface area (TPSA) is 53.9 Å². The van der Waals surface area contributed by atoms with E-state index in [1.165, 1.54) is 0 Å². The third kappa shape index (κ3) is 3.66. The zero-order valence-electron chi connectivity index (χ0n) is 12.5. The average molecular weight is 271 g/mol. The highest BCUT2D eigenvalue weighted by molar-refractivity contribution is 5.59. The van der Waals surface area contributed by atoms with Crippen LogP contribution in [0.3, 0.4) is 0 Å². The van der Waals surface area contributed by atoms with E-state index in [4.69, 9.17) is 0 Å². The van der Waals surface area contributed by atoms with Gasteiger partial charge in [-0.25, -0.2) is 9.97 Å². The molecule has 2 heterocycles. The molecule has 2 rings (SSSR count). The van der Waals surface area contributed by atoms with Gasteiger partial charge in [0.15, 0.2) is 11.6 Å². The Morgan fingerprint density at radius 1 is 1.20 bits per heavy atom. The van der Waals surface area contributed by atoms with Gasteiger partial charge in [0.1, 0.15) is 0 Å². The SMILES string of the molecule is Cc1cccc(CC(C)Nc2nccnc2N(C)C)n1. The lowest BCUT2D eigenvalue weighted by Gasteiger charge is -2.19. The minimum absolute atomic E-state index is 0.236. The summed E-state index contributed by atoms with van der Waals surface area (Å²) in [5, 5.41) is 3.40. The van der Waals surface area contributed by atoms with Crippen molar-refractivity contribution in [2.75, 3.05) is 24.3 Å². The first-order valence-electron chi connectivity index (χ1n) is 6.73. The maximum Gasteiger partial charge on any atom is 0.171 e. The Morgan fingerprint density at radius 2 is 1.95 bits per heavy atom. The molecule has 0 aliphatic carbocycles. The van der Waals surface area contributed by atoms with Crippen LogP contribution in [0.25, 0.3) is 0 Å². The lowest BCUT2D eigenvalue weighted by atomic mass is 10.1. The molecule has 0 amide bonds. The molecule has 0 aromatic carbocycles. The zero-order chi connectivity index (χ0) is 14.5. The molecule has 0 radical (unpaired) electrons. The average Bonchev–Trinajstić information content (AvgIpc) is 2.38. The lowest BCUT2D eigenvalue weighted by Crippen LogP contribution is -2.22. The number of hydrogen-bond donors (Lipinski definition) is 1. The van der Waals surface area contributed by atoms with Gasteiger partial charge in [-0.05, 0) is 26.0 Å². The minimum atomic E-state index is 0.236. The second-order valence-corrected chi connectivity index (χ2v) is 5.14. The van der Waals surface area contributed by atoms with Crippen LogP contribution in [0.5, 0.6) is 0 Å². The van der Waals surface area contributed by atoms with E-state index in [1.54, 1.807) is 12.4 Å². The molecule has 2 aromatic rings. The van der Waals surface area contributed by atoms with Crippen LogP contribution >= 0.6 is 0 Å². The summed E-state index contributed by atoms with van der Waals surface area (Å²) < 4.78 is 0. The van der Waals surface area contributed by atoms with E-state index in [9.17, 15) is 0 Å². The van der Waals surface area contributed by atoms with E-state index in [1.807, 2.05) is 38.1 Å². The van der Waals surface area contributed by atoms with Crippen LogP contribution in [0.15, 0.2) is 30.6 Å². The second-order valence-electron chi connectivity index (χ2n) is 5.14. The lowest BCUT2D eigenvalue weighted by molar-refractivity contribution is 0.760. The molecule has 106 valence electrons. The molecule has 1 atom stereocenters. The van der Waals surface area contributed by atoms with E-state index < -0.39 is 0 Å². The number of nitrogens with zero attached hydrogens (tertiary/aromatic N) is 4. The van der Waals surface area contributed by atoms with Crippen LogP contribution in [0.4, 0.5) is 11.6 Å². The summed E-state index contributed by atoms with van der Waals surface area (Å²) in [6, 6.07) is 6.33. The maximum atomic E-state index is 4.53. The number of anilines is 2. The molecule has 0 aliphatic rings. The van der Waals surface area contributed by atoms with Crippen molar-refractivity contribution in [1.29, 1.82) is 0 Å². The quantitative estimate of drug-likeness (QED) is 0.904. The van der Waals surface area contributed by atoms with Crippen LogP contribution < -0.4 is 10.2 Å². The fourth-order valence-electron chi connectivity index (χ4n) is 2.07. The molecule has 5 nitrogen and oxygen atoms in total. The Bertz CT molecular complexity index is 568. The van der Waals surface area contributed by atoms with Crippen molar-refractivity contribution in [3.8, 4) is 0 Å². The molecule has 1 unspecified atom stereocenters. The molecule has 0 saturated heterocycles. The number of aryl methyl sites for hydroxylation is 1. The summed E-state index contributed by atoms with van der Waals surface area (Å²) >= 11 is 0. The van der Waals surface area contributed by atoms with E-state index in [0.29, 0.717) is 0 Å². The Labute approximate surface area is 120 Å². The van der Waals surface area contributed by atoms with Crippen molar-refractivity contribution in [3.05, 3.63) is 42.0 Å². The molecular weight excluding hydrogens is 250 g/mol. The first-order chi connectivity index (χ1) is 9.56. The number of aromatic nitrogens is 3. The summed E-state index contributed by atoms with van der Waals surface area (Å²) in [4.78, 5) is 15.2. The highest BCUT2D eigenvalue weighted by Crippen LogP contribution is 2.18. The van der Waals surface area contributed by atoms with Crippen LogP contribution in [0, 0.1) is 6.92 Å². The smallest absolute Gasteiger partial charge is 0.171 e. The van der Waals surface area contributed by atoms with Crippen LogP contribution in [0.1, 0.15) is 18.3 Å². The highest BCUT2D eigenvalue weighted by Gasteiger charge is 2.11. The van der Waals surface area contributed by atoms with Crippen molar-refractivity contribution in [2.24, 2.45) is 0 Å². The van der Waals surface area contributed by atoms with Gasteiger partial charge in [0, 0.05) is 50.3 Å². The van der Waals surface area contributed by atoms with E-state index in [-0.39, 0.29) is 6.04 Å². The van der Waals surface area contributed by atoms with Gasteiger partial charge in [-0.3, -0.25) is 4.98 Å². The van der Waals surface area contributed by atoms with E-state index in [0.717, 1.165) is 29.4 Å². The predicted octanol–water partition coefficient (Wildman–Crippen LogP) is 2.29. The standard InChI is InChI=1S/C15H21N5/c1-11-6-5-7-13(18-11)10-12(2)19-14-15(20(3)4)17-9-8-16-14/h5-9,12H,10H2,1-4H3,(H,16,19). The molecule has 20 heavy (non-hydrogen) atoms. The van der Waals surface area contributed by atoms with Crippen LogP contribution in [0.2, 0.25) is 0 Å². The van der Waals surface area contributed by atoms with Gasteiger partial charge in [0.2, 0.25) is 0 Å². The Hall–Kier alpha value is -2.17. The monoisotopic (exact) mass is 271 g/mol. The van der Waals surface area contributed by atoms with Gasteiger partial charge >= 0.3 is 0 Å². The van der Waals surface area contributed by atoms with Gasteiger partial charge in [-0.2, -0.15) is 0 Å². The van der Waals surface area contributed by atoms with Crippen molar-refractivity contribution >= 4 is 11.6 Å². The maximum absolute atomic E-state index is 4.53. The van der Waals surface area contributed by atoms with Gasteiger partial charge in [-0.1, -0.05) is 6.07 Å². The molecule has 5 heteroatoms. The molecule has 0 bridgehead atoms. The summed E-state index contributed by atoms with van der Waals surface area (Å²) in [7, 11) is 3.92. The van der Waals surface area contributed by atoms with Crippen molar-refractivity contribution in [2.45, 2.75) is 26.3 Å². The van der Waals surface area contributed by atoms with Gasteiger partial charge in [0.25, 0.3) is 0 Å². The van der Waals surface area contributed by atoms with Gasteiger partial charge in [-0.15, -0.1) is 0 Å². The summed E-state index contributed by atoms with van der Waals surface area (Å²) in [6.45, 7) is 4.13. The third-order valence-corrected chi connectivity index (χ3v) is 2.95. The second kappa shape index (κ2) is 6.32. The highest BCUT2D eigenvalue weighted by atomic mass is 15.2. The summed E-state index contributed by atoms with van der Waals surface area (Å²) in [5.41, 5.74) is 2.13. The molecule has 0 aliphatic heterocycles. The summed E-state index contributed by atoms with van der Waals surface area (Å²) in [6.07, 6.45) is 4.26. The van der Waals surface area contributed by atoms with Gasteiger partial charge < -0.3 is 10.2 Å². The molecule has 0 fully saturated rings. The molecular formula is C15H21N5. The normalized spacial score (nSPS) is 12.0. The Kier molecular flexibility index (Phi) is 4.50. The predicted molar refractivity (Wildman–Crippen MR) is 82.1 cm³/mol. The third-order valence-electron chi connectivity index (χ3n) is 2.95. The number of pyridine rings is 1. The first-order valence-corrected chi connectivity index (χ1v) is 6.73. The molecule has 0 spiro atoms. The largest absolute Gasteiger partial charge is 0.364 e. The molecule has 2 aromatic heterocycles. The van der Waals surface area contributed by atoms with E-state index in [2.05, 4.69) is 33.3 Å². The fourth-order valence-corrected chi connectivity index (χ4v) is 2.07.